The van der Waals surface area contributed by atoms with E-state index in [-0.39, 0.29) is 18.2 Å². The SMILES string of the molecule is CCOC(=O)c1cc2c(cn1)CN(c1ccc(C(F)(F)F)c(F)c1)CC2C1CCCC1. The van der Waals surface area contributed by atoms with Crippen molar-refractivity contribution in [3.63, 3.8) is 0 Å². The van der Waals surface area contributed by atoms with Crippen LogP contribution in [0.5, 0.6) is 0 Å². The highest BCUT2D eigenvalue weighted by atomic mass is 19.4. The fourth-order valence-electron chi connectivity index (χ4n) is 4.79. The van der Waals surface area contributed by atoms with Gasteiger partial charge in [-0.15, -0.1) is 0 Å². The molecule has 31 heavy (non-hydrogen) atoms. The van der Waals surface area contributed by atoms with Crippen molar-refractivity contribution < 1.29 is 27.1 Å². The molecule has 2 aromatic rings. The number of esters is 1. The number of alkyl halides is 3. The van der Waals surface area contributed by atoms with E-state index in [1.54, 1.807) is 19.2 Å². The van der Waals surface area contributed by atoms with Gasteiger partial charge in [-0.1, -0.05) is 12.8 Å². The van der Waals surface area contributed by atoms with E-state index in [4.69, 9.17) is 4.74 Å². The summed E-state index contributed by atoms with van der Waals surface area (Å²) in [6.07, 6.45) is 1.27. The van der Waals surface area contributed by atoms with Gasteiger partial charge in [0.25, 0.3) is 0 Å². The molecule has 1 aromatic carbocycles. The van der Waals surface area contributed by atoms with Gasteiger partial charge in [0.15, 0.2) is 0 Å². The lowest BCUT2D eigenvalue weighted by Crippen LogP contribution is -2.36. The van der Waals surface area contributed by atoms with E-state index in [9.17, 15) is 22.4 Å². The van der Waals surface area contributed by atoms with Crippen LogP contribution in [0.15, 0.2) is 30.5 Å². The van der Waals surface area contributed by atoms with E-state index in [0.29, 0.717) is 24.7 Å². The molecule has 2 aliphatic rings. The molecule has 0 radical (unpaired) electrons. The molecule has 2 heterocycles. The molecule has 0 bridgehead atoms. The fraction of sp³-hybridized carbons (Fsp3) is 0.478. The summed E-state index contributed by atoms with van der Waals surface area (Å²) >= 11 is 0. The third-order valence-electron chi connectivity index (χ3n) is 6.28. The normalized spacial score (nSPS) is 19.4. The zero-order chi connectivity index (χ0) is 22.2. The molecule has 0 N–H and O–H groups in total. The minimum Gasteiger partial charge on any atom is -0.461 e. The van der Waals surface area contributed by atoms with E-state index >= 15 is 0 Å². The zero-order valence-electron chi connectivity index (χ0n) is 17.2. The second-order valence-corrected chi connectivity index (χ2v) is 8.18. The summed E-state index contributed by atoms with van der Waals surface area (Å²) in [5, 5.41) is 0. The van der Waals surface area contributed by atoms with Gasteiger partial charge in [0.05, 0.1) is 12.2 Å². The molecule has 1 atom stereocenters. The molecule has 4 nitrogen and oxygen atoms in total. The molecule has 0 saturated heterocycles. The van der Waals surface area contributed by atoms with Crippen LogP contribution in [-0.2, 0) is 17.5 Å². The van der Waals surface area contributed by atoms with Crippen LogP contribution in [0.4, 0.5) is 23.2 Å². The van der Waals surface area contributed by atoms with Crippen molar-refractivity contribution in [1.29, 1.82) is 0 Å². The van der Waals surface area contributed by atoms with Gasteiger partial charge in [-0.3, -0.25) is 0 Å². The quantitative estimate of drug-likeness (QED) is 0.455. The Bertz CT molecular complexity index is 971. The number of rotatable bonds is 4. The Morgan fingerprint density at radius 1 is 1.23 bits per heavy atom. The van der Waals surface area contributed by atoms with Gasteiger partial charge in [0, 0.05) is 30.9 Å². The van der Waals surface area contributed by atoms with E-state index < -0.39 is 23.5 Å². The van der Waals surface area contributed by atoms with Crippen molar-refractivity contribution in [3.05, 3.63) is 58.7 Å². The highest BCUT2D eigenvalue weighted by Gasteiger charge is 2.36. The maximum Gasteiger partial charge on any atom is 0.419 e. The van der Waals surface area contributed by atoms with Crippen molar-refractivity contribution in [2.24, 2.45) is 5.92 Å². The Kier molecular flexibility index (Phi) is 5.90. The number of carbonyl (C=O) groups is 1. The molecule has 0 amide bonds. The first-order chi connectivity index (χ1) is 14.8. The second-order valence-electron chi connectivity index (χ2n) is 8.18. The highest BCUT2D eigenvalue weighted by Crippen LogP contribution is 2.43. The van der Waals surface area contributed by atoms with Crippen LogP contribution in [0.2, 0.25) is 0 Å². The van der Waals surface area contributed by atoms with Crippen LogP contribution in [-0.4, -0.2) is 24.1 Å². The molecule has 1 aromatic heterocycles. The number of aromatic nitrogens is 1. The van der Waals surface area contributed by atoms with Crippen LogP contribution < -0.4 is 4.90 Å². The molecule has 1 unspecified atom stereocenters. The summed E-state index contributed by atoms with van der Waals surface area (Å²) in [7, 11) is 0. The molecule has 0 spiro atoms. The number of carbonyl (C=O) groups excluding carboxylic acids is 1. The van der Waals surface area contributed by atoms with E-state index in [2.05, 4.69) is 4.98 Å². The van der Waals surface area contributed by atoms with Crippen LogP contribution in [0.1, 0.15) is 65.7 Å². The molecular weight excluding hydrogens is 412 g/mol. The van der Waals surface area contributed by atoms with Crippen molar-refractivity contribution in [2.75, 3.05) is 18.1 Å². The van der Waals surface area contributed by atoms with Gasteiger partial charge >= 0.3 is 12.1 Å². The lowest BCUT2D eigenvalue weighted by molar-refractivity contribution is -0.139. The summed E-state index contributed by atoms with van der Waals surface area (Å²) in [5.74, 6) is -1.25. The Morgan fingerprint density at radius 3 is 2.61 bits per heavy atom. The number of fused-ring (bicyclic) bond motifs is 1. The number of halogens is 4. The molecule has 1 fully saturated rings. The van der Waals surface area contributed by atoms with E-state index in [0.717, 1.165) is 48.9 Å². The fourth-order valence-corrected chi connectivity index (χ4v) is 4.79. The number of pyridine rings is 1. The topological polar surface area (TPSA) is 42.4 Å². The van der Waals surface area contributed by atoms with E-state index in [1.807, 2.05) is 4.90 Å². The lowest BCUT2D eigenvalue weighted by Gasteiger charge is -2.39. The van der Waals surface area contributed by atoms with Crippen molar-refractivity contribution in [3.8, 4) is 0 Å². The third kappa shape index (κ3) is 4.38. The minimum atomic E-state index is -4.73. The van der Waals surface area contributed by atoms with Crippen LogP contribution >= 0.6 is 0 Å². The number of hydrogen-bond donors (Lipinski definition) is 0. The van der Waals surface area contributed by atoms with Gasteiger partial charge < -0.3 is 9.64 Å². The average Bonchev–Trinajstić information content (AvgIpc) is 3.26. The van der Waals surface area contributed by atoms with E-state index in [1.165, 1.54) is 6.07 Å². The standard InChI is InChI=1S/C23H24F4N2O2/c1-2-31-22(30)21-10-17-15(11-28-21)12-29(13-18(17)14-5-3-4-6-14)16-7-8-19(20(24)9-16)23(25,26)27/h7-11,14,18H,2-6,12-13H2,1H3. The van der Waals surface area contributed by atoms with Gasteiger partial charge in [-0.25, -0.2) is 14.2 Å². The molecule has 4 rings (SSSR count). The second kappa shape index (κ2) is 8.48. The Balaban J connectivity index is 1.68. The molecule has 1 aliphatic carbocycles. The first-order valence-electron chi connectivity index (χ1n) is 10.6. The average molecular weight is 436 g/mol. The molecule has 1 saturated carbocycles. The molecular formula is C23H24F4N2O2. The number of benzene rings is 1. The zero-order valence-corrected chi connectivity index (χ0v) is 17.2. The lowest BCUT2D eigenvalue weighted by atomic mass is 9.80. The smallest absolute Gasteiger partial charge is 0.419 e. The predicted octanol–water partition coefficient (Wildman–Crippen LogP) is 5.71. The molecule has 8 heteroatoms. The number of hydrogen-bond acceptors (Lipinski definition) is 4. The minimum absolute atomic E-state index is 0.0905. The van der Waals surface area contributed by atoms with Crippen molar-refractivity contribution in [2.45, 2.75) is 51.2 Å². The maximum atomic E-state index is 14.2. The van der Waals surface area contributed by atoms with Crippen molar-refractivity contribution in [1.82, 2.24) is 4.98 Å². The Morgan fingerprint density at radius 2 is 1.97 bits per heavy atom. The summed E-state index contributed by atoms with van der Waals surface area (Å²) in [6.45, 7) is 2.93. The van der Waals surface area contributed by atoms with Gasteiger partial charge in [-0.05, 0) is 61.1 Å². The number of ether oxygens (including phenoxy) is 1. The monoisotopic (exact) mass is 436 g/mol. The summed E-state index contributed by atoms with van der Waals surface area (Å²) in [6, 6.07) is 4.87. The molecule has 1 aliphatic heterocycles. The predicted molar refractivity (Wildman–Crippen MR) is 107 cm³/mol. The Hall–Kier alpha value is -2.64. The summed E-state index contributed by atoms with van der Waals surface area (Å²) in [4.78, 5) is 18.3. The van der Waals surface area contributed by atoms with Crippen LogP contribution in [0.3, 0.4) is 0 Å². The maximum absolute atomic E-state index is 14.2. The van der Waals surface area contributed by atoms with Gasteiger partial charge in [0.2, 0.25) is 0 Å². The van der Waals surface area contributed by atoms with Crippen molar-refractivity contribution >= 4 is 11.7 Å². The number of nitrogens with zero attached hydrogens (tertiary/aromatic N) is 2. The Labute approximate surface area is 178 Å². The van der Waals surface area contributed by atoms with Gasteiger partial charge in [0.1, 0.15) is 11.5 Å². The van der Waals surface area contributed by atoms with Crippen LogP contribution in [0, 0.1) is 11.7 Å². The summed E-state index contributed by atoms with van der Waals surface area (Å²) in [5.41, 5.74) is 1.35. The summed E-state index contributed by atoms with van der Waals surface area (Å²) < 4.78 is 58.1. The first kappa shape index (κ1) is 21.6. The first-order valence-corrected chi connectivity index (χ1v) is 10.6. The number of anilines is 1. The highest BCUT2D eigenvalue weighted by molar-refractivity contribution is 5.87. The molecule has 166 valence electrons. The van der Waals surface area contributed by atoms with Gasteiger partial charge in [-0.2, -0.15) is 13.2 Å². The third-order valence-corrected chi connectivity index (χ3v) is 6.28. The largest absolute Gasteiger partial charge is 0.461 e. The van der Waals surface area contributed by atoms with Crippen LogP contribution in [0.25, 0.3) is 0 Å².